The molecular formula is C18H18N2O5. The van der Waals surface area contributed by atoms with Gasteiger partial charge in [0.1, 0.15) is 0 Å². The zero-order valence-electron chi connectivity index (χ0n) is 13.6. The molecule has 7 nitrogen and oxygen atoms in total. The summed E-state index contributed by atoms with van der Waals surface area (Å²) in [6.07, 6.45) is -0.0536. The van der Waals surface area contributed by atoms with E-state index in [0.717, 1.165) is 11.1 Å². The molecule has 1 atom stereocenters. The highest BCUT2D eigenvalue weighted by Crippen LogP contribution is 2.20. The summed E-state index contributed by atoms with van der Waals surface area (Å²) < 4.78 is 0. The summed E-state index contributed by atoms with van der Waals surface area (Å²) in [5.41, 5.74) is 2.04. The number of amides is 1. The van der Waals surface area contributed by atoms with Gasteiger partial charge in [0.2, 0.25) is 5.91 Å². The number of nitro groups is 1. The van der Waals surface area contributed by atoms with Gasteiger partial charge in [0.25, 0.3) is 5.69 Å². The number of benzene rings is 2. The summed E-state index contributed by atoms with van der Waals surface area (Å²) in [7, 11) is 0. The van der Waals surface area contributed by atoms with E-state index in [4.69, 9.17) is 5.11 Å². The Morgan fingerprint density at radius 1 is 1.20 bits per heavy atom. The van der Waals surface area contributed by atoms with Crippen LogP contribution in [0.25, 0.3) is 0 Å². The van der Waals surface area contributed by atoms with Crippen molar-refractivity contribution in [3.8, 4) is 0 Å². The third-order valence-electron chi connectivity index (χ3n) is 3.72. The van der Waals surface area contributed by atoms with Crippen molar-refractivity contribution in [3.63, 3.8) is 0 Å². The molecule has 2 aromatic carbocycles. The zero-order chi connectivity index (χ0) is 18.4. The lowest BCUT2D eigenvalue weighted by Crippen LogP contribution is -2.27. The third-order valence-corrected chi connectivity index (χ3v) is 3.72. The summed E-state index contributed by atoms with van der Waals surface area (Å²) in [4.78, 5) is 33.8. The maximum Gasteiger partial charge on any atom is 0.304 e. The topological polar surface area (TPSA) is 110 Å². The molecule has 0 radical (unpaired) electrons. The monoisotopic (exact) mass is 342 g/mol. The first kappa shape index (κ1) is 18.1. The van der Waals surface area contributed by atoms with Crippen molar-refractivity contribution in [2.75, 3.05) is 5.32 Å². The molecule has 0 aliphatic carbocycles. The van der Waals surface area contributed by atoms with Crippen molar-refractivity contribution < 1.29 is 19.6 Å². The van der Waals surface area contributed by atoms with Crippen LogP contribution in [0.4, 0.5) is 11.4 Å². The lowest BCUT2D eigenvalue weighted by atomic mass is 9.94. The Morgan fingerprint density at radius 2 is 1.88 bits per heavy atom. The molecule has 2 rings (SSSR count). The Balaban J connectivity index is 2.14. The van der Waals surface area contributed by atoms with E-state index in [1.54, 1.807) is 0 Å². The molecular weight excluding hydrogens is 324 g/mol. The standard InChI is InChI=1S/C18H18N2O5/c1-12-5-7-13(8-6-12)9-14(10-17(21)22)18(23)19-15-3-2-4-16(11-15)20(24)25/h2-8,11,14H,9-10H2,1H3,(H,19,23)(H,21,22)/t14-/m0/s1. The number of nitrogens with zero attached hydrogens (tertiary/aromatic N) is 1. The number of hydrogen-bond donors (Lipinski definition) is 2. The van der Waals surface area contributed by atoms with Gasteiger partial charge in [-0.05, 0) is 25.0 Å². The Bertz CT molecular complexity index is 786. The summed E-state index contributed by atoms with van der Waals surface area (Å²) in [5, 5.41) is 22.4. The average Bonchev–Trinajstić information content (AvgIpc) is 2.56. The molecule has 0 saturated carbocycles. The maximum absolute atomic E-state index is 12.5. The molecule has 0 bridgehead atoms. The molecule has 0 heterocycles. The summed E-state index contributed by atoms with van der Waals surface area (Å²) >= 11 is 0. The predicted molar refractivity (Wildman–Crippen MR) is 92.4 cm³/mol. The van der Waals surface area contributed by atoms with Crippen LogP contribution in [0.3, 0.4) is 0 Å². The highest BCUT2D eigenvalue weighted by molar-refractivity contribution is 5.94. The van der Waals surface area contributed by atoms with Gasteiger partial charge in [-0.2, -0.15) is 0 Å². The smallest absolute Gasteiger partial charge is 0.304 e. The number of nitro benzene ring substituents is 1. The van der Waals surface area contributed by atoms with Gasteiger partial charge >= 0.3 is 5.97 Å². The molecule has 1 amide bonds. The molecule has 2 aromatic rings. The fourth-order valence-electron chi connectivity index (χ4n) is 2.42. The first-order valence-electron chi connectivity index (χ1n) is 7.68. The van der Waals surface area contributed by atoms with E-state index in [9.17, 15) is 19.7 Å². The number of aliphatic carboxylic acids is 1. The maximum atomic E-state index is 12.5. The quantitative estimate of drug-likeness (QED) is 0.593. The second kappa shape index (κ2) is 8.05. The number of aryl methyl sites for hydroxylation is 1. The molecule has 25 heavy (non-hydrogen) atoms. The molecule has 0 unspecified atom stereocenters. The van der Waals surface area contributed by atoms with Crippen molar-refractivity contribution >= 4 is 23.3 Å². The van der Waals surface area contributed by atoms with Crippen LogP contribution >= 0.6 is 0 Å². The lowest BCUT2D eigenvalue weighted by Gasteiger charge is -2.15. The van der Waals surface area contributed by atoms with Gasteiger partial charge in [0, 0.05) is 17.8 Å². The Hall–Kier alpha value is -3.22. The third kappa shape index (κ3) is 5.42. The van der Waals surface area contributed by atoms with Crippen LogP contribution in [-0.4, -0.2) is 21.9 Å². The molecule has 0 spiro atoms. The molecule has 0 aliphatic heterocycles. The molecule has 7 heteroatoms. The van der Waals surface area contributed by atoms with E-state index in [1.807, 2.05) is 31.2 Å². The first-order chi connectivity index (χ1) is 11.8. The van der Waals surface area contributed by atoms with E-state index in [0.29, 0.717) is 0 Å². The molecule has 0 fully saturated rings. The van der Waals surface area contributed by atoms with Crippen LogP contribution in [0.1, 0.15) is 17.5 Å². The summed E-state index contributed by atoms with van der Waals surface area (Å²) in [6.45, 7) is 1.94. The van der Waals surface area contributed by atoms with Crippen molar-refractivity contribution in [2.24, 2.45) is 5.92 Å². The summed E-state index contributed by atoms with van der Waals surface area (Å²) in [6, 6.07) is 13.0. The van der Waals surface area contributed by atoms with Gasteiger partial charge in [-0.15, -0.1) is 0 Å². The number of carboxylic acids is 1. The van der Waals surface area contributed by atoms with Crippen molar-refractivity contribution in [3.05, 3.63) is 69.8 Å². The Labute approximate surface area is 144 Å². The number of anilines is 1. The fourth-order valence-corrected chi connectivity index (χ4v) is 2.42. The normalized spacial score (nSPS) is 11.6. The van der Waals surface area contributed by atoms with Crippen LogP contribution in [-0.2, 0) is 16.0 Å². The second-order valence-electron chi connectivity index (χ2n) is 5.78. The van der Waals surface area contributed by atoms with Crippen LogP contribution in [0.5, 0.6) is 0 Å². The second-order valence-corrected chi connectivity index (χ2v) is 5.78. The van der Waals surface area contributed by atoms with Gasteiger partial charge < -0.3 is 10.4 Å². The zero-order valence-corrected chi connectivity index (χ0v) is 13.6. The van der Waals surface area contributed by atoms with Crippen molar-refractivity contribution in [1.82, 2.24) is 0 Å². The van der Waals surface area contributed by atoms with Gasteiger partial charge in [-0.1, -0.05) is 35.9 Å². The van der Waals surface area contributed by atoms with Gasteiger partial charge in [0.05, 0.1) is 17.3 Å². The van der Waals surface area contributed by atoms with E-state index in [2.05, 4.69) is 5.32 Å². The Morgan fingerprint density at radius 3 is 2.48 bits per heavy atom. The van der Waals surface area contributed by atoms with E-state index in [-0.39, 0.29) is 24.2 Å². The molecule has 2 N–H and O–H groups in total. The minimum atomic E-state index is -1.08. The number of carbonyl (C=O) groups excluding carboxylic acids is 1. The SMILES string of the molecule is Cc1ccc(C[C@@H](CC(=O)O)C(=O)Nc2cccc([N+](=O)[O-])c2)cc1. The Kier molecular flexibility index (Phi) is 5.84. The van der Waals surface area contributed by atoms with E-state index in [1.165, 1.54) is 24.3 Å². The lowest BCUT2D eigenvalue weighted by molar-refractivity contribution is -0.384. The number of carbonyl (C=O) groups is 2. The number of non-ortho nitro benzene ring substituents is 1. The highest BCUT2D eigenvalue weighted by Gasteiger charge is 2.23. The molecule has 0 aliphatic rings. The fraction of sp³-hybridized carbons (Fsp3) is 0.222. The average molecular weight is 342 g/mol. The highest BCUT2D eigenvalue weighted by atomic mass is 16.6. The molecule has 130 valence electrons. The number of carboxylic acid groups (broad SMARTS) is 1. The van der Waals surface area contributed by atoms with Crippen LogP contribution in [0.2, 0.25) is 0 Å². The summed E-state index contributed by atoms with van der Waals surface area (Å²) in [5.74, 6) is -2.34. The number of rotatable bonds is 7. The van der Waals surface area contributed by atoms with Crippen LogP contribution in [0.15, 0.2) is 48.5 Å². The van der Waals surface area contributed by atoms with Gasteiger partial charge in [-0.25, -0.2) is 0 Å². The predicted octanol–water partition coefficient (Wildman–Crippen LogP) is 3.18. The van der Waals surface area contributed by atoms with Crippen molar-refractivity contribution in [2.45, 2.75) is 19.8 Å². The molecule has 0 aromatic heterocycles. The number of hydrogen-bond acceptors (Lipinski definition) is 4. The van der Waals surface area contributed by atoms with Gasteiger partial charge in [0.15, 0.2) is 0 Å². The van der Waals surface area contributed by atoms with Crippen LogP contribution < -0.4 is 5.32 Å². The van der Waals surface area contributed by atoms with Crippen LogP contribution in [0, 0.1) is 23.0 Å². The van der Waals surface area contributed by atoms with E-state index < -0.39 is 22.7 Å². The largest absolute Gasteiger partial charge is 0.481 e. The van der Waals surface area contributed by atoms with Crippen molar-refractivity contribution in [1.29, 1.82) is 0 Å². The number of nitrogens with one attached hydrogen (secondary N) is 1. The molecule has 0 saturated heterocycles. The van der Waals surface area contributed by atoms with Gasteiger partial charge in [-0.3, -0.25) is 19.7 Å². The minimum Gasteiger partial charge on any atom is -0.481 e. The van der Waals surface area contributed by atoms with E-state index >= 15 is 0 Å². The minimum absolute atomic E-state index is 0.147. The first-order valence-corrected chi connectivity index (χ1v) is 7.68.